The fraction of sp³-hybridized carbons (Fsp3) is 0.636. The van der Waals surface area contributed by atoms with Crippen LogP contribution in [0.5, 0.6) is 11.5 Å². The van der Waals surface area contributed by atoms with Crippen LogP contribution in [0, 0.1) is 5.92 Å². The van der Waals surface area contributed by atoms with Crippen LogP contribution < -0.4 is 24.6 Å². The lowest BCUT2D eigenvalue weighted by Gasteiger charge is -2.37. The van der Waals surface area contributed by atoms with E-state index < -0.39 is 5.54 Å². The van der Waals surface area contributed by atoms with Crippen molar-refractivity contribution in [1.82, 2.24) is 10.2 Å². The molecule has 3 heterocycles. The molecule has 30 heavy (non-hydrogen) atoms. The first-order valence-electron chi connectivity index (χ1n) is 11.2. The van der Waals surface area contributed by atoms with E-state index in [-0.39, 0.29) is 17.9 Å². The van der Waals surface area contributed by atoms with E-state index in [1.54, 1.807) is 0 Å². The Bertz CT molecular complexity index is 838. The van der Waals surface area contributed by atoms with E-state index in [9.17, 15) is 9.59 Å². The summed E-state index contributed by atoms with van der Waals surface area (Å²) in [7, 11) is 0. The third kappa shape index (κ3) is 3.41. The van der Waals surface area contributed by atoms with Crippen molar-refractivity contribution in [2.75, 3.05) is 39.6 Å². The first kappa shape index (κ1) is 19.6. The van der Waals surface area contributed by atoms with Crippen LogP contribution in [0.1, 0.15) is 38.2 Å². The lowest BCUT2D eigenvalue weighted by molar-refractivity contribution is -1.02. The zero-order valence-electron chi connectivity index (χ0n) is 17.7. The Morgan fingerprint density at radius 2 is 1.87 bits per heavy atom. The van der Waals surface area contributed by atoms with Crippen LogP contribution in [-0.4, -0.2) is 62.0 Å². The summed E-state index contributed by atoms with van der Waals surface area (Å²) in [6.45, 7) is 7.80. The van der Waals surface area contributed by atoms with Gasteiger partial charge in [0.2, 0.25) is 6.79 Å². The minimum absolute atomic E-state index is 0.00216. The lowest BCUT2D eigenvalue weighted by Crippen LogP contribution is -3.28. The molecule has 162 valence electrons. The average Bonchev–Trinajstić information content (AvgIpc) is 3.30. The molecule has 1 aromatic carbocycles. The third-order valence-electron chi connectivity index (χ3n) is 7.44. The van der Waals surface area contributed by atoms with Gasteiger partial charge in [-0.05, 0) is 37.0 Å². The number of nitrogens with one attached hydrogen (secondary N) is 3. The molecule has 1 aliphatic carbocycles. The summed E-state index contributed by atoms with van der Waals surface area (Å²) in [6.07, 6.45) is 3.94. The average molecular weight is 417 g/mol. The maximum Gasteiger partial charge on any atom is 0.329 e. The fourth-order valence-corrected chi connectivity index (χ4v) is 5.49. The number of carbonyl (C=O) groups excluding carboxylic acids is 2. The topological polar surface area (TPSA) is 76.8 Å². The minimum atomic E-state index is -0.652. The summed E-state index contributed by atoms with van der Waals surface area (Å²) >= 11 is 0. The number of carbonyl (C=O) groups is 2. The van der Waals surface area contributed by atoms with Crippen molar-refractivity contribution in [3.63, 3.8) is 0 Å². The number of hydrogen-bond acceptors (Lipinski definition) is 4. The molecule has 5 rings (SSSR count). The van der Waals surface area contributed by atoms with Crippen molar-refractivity contribution in [2.45, 2.75) is 44.7 Å². The molecule has 2 atom stereocenters. The van der Waals surface area contributed by atoms with Gasteiger partial charge in [0.1, 0.15) is 38.3 Å². The Morgan fingerprint density at radius 1 is 1.10 bits per heavy atom. The molecule has 3 amide bonds. The largest absolute Gasteiger partial charge is 0.454 e. The molecule has 3 N–H and O–H groups in total. The van der Waals surface area contributed by atoms with Crippen molar-refractivity contribution in [3.8, 4) is 11.5 Å². The first-order valence-corrected chi connectivity index (χ1v) is 11.2. The van der Waals surface area contributed by atoms with Gasteiger partial charge < -0.3 is 24.6 Å². The second-order valence-corrected chi connectivity index (χ2v) is 9.30. The van der Waals surface area contributed by atoms with Gasteiger partial charge in [-0.1, -0.05) is 19.8 Å². The molecule has 0 radical (unpaired) electrons. The van der Waals surface area contributed by atoms with Crippen molar-refractivity contribution >= 4 is 11.9 Å². The number of hydrogen-bond donors (Lipinski definition) is 3. The van der Waals surface area contributed by atoms with Crippen LogP contribution >= 0.6 is 0 Å². The number of nitrogens with zero attached hydrogens (tertiary/aromatic N) is 1. The quantitative estimate of drug-likeness (QED) is 0.560. The van der Waals surface area contributed by atoms with Gasteiger partial charge in [0.15, 0.2) is 18.2 Å². The molecule has 0 bridgehead atoms. The van der Waals surface area contributed by atoms with Crippen molar-refractivity contribution in [1.29, 1.82) is 0 Å². The van der Waals surface area contributed by atoms with E-state index in [1.165, 1.54) is 20.3 Å². The number of amides is 3. The molecule has 8 heteroatoms. The number of urea groups is 1. The Morgan fingerprint density at radius 3 is 2.67 bits per heavy atom. The summed E-state index contributed by atoms with van der Waals surface area (Å²) in [6, 6.07) is 5.97. The molecule has 1 spiro atoms. The van der Waals surface area contributed by atoms with Crippen molar-refractivity contribution in [2.24, 2.45) is 5.92 Å². The minimum Gasteiger partial charge on any atom is -0.454 e. The van der Waals surface area contributed by atoms with Gasteiger partial charge in [-0.15, -0.1) is 0 Å². The van der Waals surface area contributed by atoms with E-state index in [1.807, 2.05) is 6.07 Å². The number of fused-ring (bicyclic) bond motifs is 1. The zero-order valence-corrected chi connectivity index (χ0v) is 17.7. The lowest BCUT2D eigenvalue weighted by atomic mass is 9.73. The molecule has 0 unspecified atom stereocenters. The molecule has 2 saturated heterocycles. The van der Waals surface area contributed by atoms with Gasteiger partial charge in [0.05, 0.1) is 0 Å². The predicted molar refractivity (Wildman–Crippen MR) is 108 cm³/mol. The third-order valence-corrected chi connectivity index (χ3v) is 7.44. The Hall–Kier alpha value is -2.32. The van der Waals surface area contributed by atoms with E-state index in [0.29, 0.717) is 13.5 Å². The Labute approximate surface area is 177 Å². The smallest absolute Gasteiger partial charge is 0.329 e. The highest BCUT2D eigenvalue weighted by atomic mass is 16.7. The SMILES string of the molecule is C[C@H]1CCCC[C@]12NC(=O)N(C[NH+]1CC[NH+](Cc3ccc4c(c3)OCO4)CC1)C2=O. The van der Waals surface area contributed by atoms with Crippen LogP contribution in [0.25, 0.3) is 0 Å². The summed E-state index contributed by atoms with van der Waals surface area (Å²) < 4.78 is 10.9. The monoisotopic (exact) mass is 416 g/mol. The summed E-state index contributed by atoms with van der Waals surface area (Å²) in [5.41, 5.74) is 0.598. The van der Waals surface area contributed by atoms with Gasteiger partial charge >= 0.3 is 6.03 Å². The van der Waals surface area contributed by atoms with Gasteiger partial charge in [0.25, 0.3) is 5.91 Å². The van der Waals surface area contributed by atoms with Crippen LogP contribution in [0.4, 0.5) is 4.79 Å². The van der Waals surface area contributed by atoms with Crippen LogP contribution in [0.3, 0.4) is 0 Å². The van der Waals surface area contributed by atoms with E-state index in [4.69, 9.17) is 9.47 Å². The van der Waals surface area contributed by atoms with Gasteiger partial charge in [-0.2, -0.15) is 0 Å². The highest BCUT2D eigenvalue weighted by Gasteiger charge is 2.55. The molecule has 1 aromatic rings. The normalized spacial score (nSPS) is 33.2. The number of benzene rings is 1. The van der Waals surface area contributed by atoms with E-state index >= 15 is 0 Å². The zero-order chi connectivity index (χ0) is 20.7. The molecule has 3 fully saturated rings. The van der Waals surface area contributed by atoms with Crippen LogP contribution in [0.15, 0.2) is 18.2 Å². The van der Waals surface area contributed by atoms with Crippen molar-refractivity contribution < 1.29 is 28.9 Å². The molecule has 1 saturated carbocycles. The van der Waals surface area contributed by atoms with Crippen molar-refractivity contribution in [3.05, 3.63) is 23.8 Å². The van der Waals surface area contributed by atoms with Gasteiger partial charge in [-0.25, -0.2) is 9.69 Å². The molecule has 8 nitrogen and oxygen atoms in total. The van der Waals surface area contributed by atoms with Crippen LogP contribution in [0.2, 0.25) is 0 Å². The second-order valence-electron chi connectivity index (χ2n) is 9.30. The maximum atomic E-state index is 13.2. The summed E-state index contributed by atoms with van der Waals surface area (Å²) in [4.78, 5) is 30.1. The highest BCUT2D eigenvalue weighted by Crippen LogP contribution is 2.37. The predicted octanol–water partition coefficient (Wildman–Crippen LogP) is -0.843. The number of piperazine rings is 1. The van der Waals surface area contributed by atoms with Gasteiger partial charge in [0, 0.05) is 5.56 Å². The van der Waals surface area contributed by atoms with E-state index in [2.05, 4.69) is 24.4 Å². The number of rotatable bonds is 4. The summed E-state index contributed by atoms with van der Waals surface area (Å²) in [5, 5.41) is 3.07. The van der Waals surface area contributed by atoms with Crippen LogP contribution in [-0.2, 0) is 11.3 Å². The highest BCUT2D eigenvalue weighted by molar-refractivity contribution is 6.07. The molecule has 0 aromatic heterocycles. The number of imide groups is 1. The van der Waals surface area contributed by atoms with Gasteiger partial charge in [-0.3, -0.25) is 4.79 Å². The fourth-order valence-electron chi connectivity index (χ4n) is 5.49. The summed E-state index contributed by atoms with van der Waals surface area (Å²) in [5.74, 6) is 1.87. The Balaban J connectivity index is 1.15. The number of quaternary nitrogens is 2. The molecule has 3 aliphatic heterocycles. The molecule has 4 aliphatic rings. The second kappa shape index (κ2) is 7.74. The standard InChI is InChI=1S/C22H30N4O4/c1-16-4-2-3-7-22(16)20(27)26(21(28)23-22)14-25-10-8-24(9-11-25)13-17-5-6-18-19(12-17)30-15-29-18/h5-6,12,16H,2-4,7-11,13-15H2,1H3,(H,23,28)/p+2/t16-,22-/m0/s1. The number of ether oxygens (including phenoxy) is 2. The molecular formula is C22H32N4O4+2. The van der Waals surface area contributed by atoms with E-state index in [0.717, 1.165) is 69.9 Å². The Kier molecular flexibility index (Phi) is 5.06. The molecular weight excluding hydrogens is 384 g/mol. The first-order chi connectivity index (χ1) is 14.5. The maximum absolute atomic E-state index is 13.2.